The first-order valence-electron chi connectivity index (χ1n) is 7.63. The third kappa shape index (κ3) is 3.04. The third-order valence-corrected chi connectivity index (χ3v) is 4.92. The van der Waals surface area contributed by atoms with Crippen molar-refractivity contribution in [3.05, 3.63) is 59.2 Å². The van der Waals surface area contributed by atoms with Crippen molar-refractivity contribution in [2.75, 3.05) is 6.54 Å². The molecule has 1 atom stereocenters. The fraction of sp³-hybridized carbons (Fsp3) is 0.333. The van der Waals surface area contributed by atoms with Crippen molar-refractivity contribution in [2.45, 2.75) is 32.9 Å². The number of nitrogens with one attached hydrogen (secondary N) is 1. The minimum Gasteiger partial charge on any atom is -0.346 e. The summed E-state index contributed by atoms with van der Waals surface area (Å²) in [5, 5.41) is 7.25. The summed E-state index contributed by atoms with van der Waals surface area (Å²) in [5.41, 5.74) is 2.77. The van der Waals surface area contributed by atoms with Crippen LogP contribution in [0.3, 0.4) is 0 Å². The molecule has 0 aliphatic carbocycles. The highest BCUT2D eigenvalue weighted by molar-refractivity contribution is 7.17. The molecule has 110 valence electrons. The normalized spacial score (nSPS) is 12.9. The maximum absolute atomic E-state index is 3.57. The Bertz CT molecular complexity index is 711. The molecule has 0 fully saturated rings. The zero-order chi connectivity index (χ0) is 14.7. The van der Waals surface area contributed by atoms with E-state index < -0.39 is 0 Å². The predicted octanol–water partition coefficient (Wildman–Crippen LogP) is 4.81. The van der Waals surface area contributed by atoms with Gasteiger partial charge in [-0.2, -0.15) is 0 Å². The van der Waals surface area contributed by atoms with Gasteiger partial charge in [0.05, 0.1) is 0 Å². The summed E-state index contributed by atoms with van der Waals surface area (Å²) in [6.45, 7) is 6.46. The summed E-state index contributed by atoms with van der Waals surface area (Å²) in [7, 11) is 0. The van der Waals surface area contributed by atoms with Gasteiger partial charge >= 0.3 is 0 Å². The van der Waals surface area contributed by atoms with Gasteiger partial charge in [0.2, 0.25) is 0 Å². The molecule has 1 N–H and O–H groups in total. The van der Waals surface area contributed by atoms with Crippen LogP contribution in [0.1, 0.15) is 37.6 Å². The molecule has 0 saturated heterocycles. The summed E-state index contributed by atoms with van der Waals surface area (Å²) in [4.78, 5) is 0. The number of nitrogens with zero attached hydrogens (tertiary/aromatic N) is 1. The molecular weight excluding hydrogens is 276 g/mol. The first kappa shape index (κ1) is 14.4. The Balaban J connectivity index is 1.84. The Morgan fingerprint density at radius 2 is 2.05 bits per heavy atom. The van der Waals surface area contributed by atoms with Gasteiger partial charge in [-0.15, -0.1) is 11.3 Å². The molecule has 0 bridgehead atoms. The molecule has 3 heteroatoms. The van der Waals surface area contributed by atoms with E-state index in [0.29, 0.717) is 6.04 Å². The van der Waals surface area contributed by atoms with Crippen molar-refractivity contribution in [2.24, 2.45) is 0 Å². The van der Waals surface area contributed by atoms with Gasteiger partial charge in [-0.25, -0.2) is 0 Å². The quantitative estimate of drug-likeness (QED) is 0.691. The van der Waals surface area contributed by atoms with Crippen molar-refractivity contribution in [3.8, 4) is 0 Å². The van der Waals surface area contributed by atoms with E-state index in [2.05, 4.69) is 71.7 Å². The van der Waals surface area contributed by atoms with E-state index in [-0.39, 0.29) is 0 Å². The van der Waals surface area contributed by atoms with Crippen LogP contribution in [0.5, 0.6) is 0 Å². The van der Waals surface area contributed by atoms with Gasteiger partial charge in [0.1, 0.15) is 0 Å². The largest absolute Gasteiger partial charge is 0.346 e. The molecule has 0 amide bonds. The second-order valence-electron chi connectivity index (χ2n) is 5.49. The number of rotatable bonds is 6. The lowest BCUT2D eigenvalue weighted by Gasteiger charge is -2.17. The lowest BCUT2D eigenvalue weighted by Crippen LogP contribution is -2.22. The summed E-state index contributed by atoms with van der Waals surface area (Å²) in [6, 6.07) is 13.4. The van der Waals surface area contributed by atoms with Crippen LogP contribution in [0.2, 0.25) is 0 Å². The molecule has 0 spiro atoms. The van der Waals surface area contributed by atoms with Crippen molar-refractivity contribution in [1.29, 1.82) is 0 Å². The Hall–Kier alpha value is -1.58. The number of hydrogen-bond donors (Lipinski definition) is 1. The molecule has 21 heavy (non-hydrogen) atoms. The van der Waals surface area contributed by atoms with Crippen molar-refractivity contribution >= 4 is 21.4 Å². The molecule has 1 unspecified atom stereocenters. The summed E-state index contributed by atoms with van der Waals surface area (Å²) in [5.74, 6) is 0. The van der Waals surface area contributed by atoms with E-state index in [4.69, 9.17) is 0 Å². The fourth-order valence-electron chi connectivity index (χ4n) is 2.77. The number of thiophene rings is 1. The highest BCUT2D eigenvalue weighted by Crippen LogP contribution is 2.27. The zero-order valence-electron chi connectivity index (χ0n) is 12.7. The van der Waals surface area contributed by atoms with E-state index >= 15 is 0 Å². The second kappa shape index (κ2) is 6.46. The number of hydrogen-bond acceptors (Lipinski definition) is 2. The van der Waals surface area contributed by atoms with E-state index in [1.807, 2.05) is 11.3 Å². The van der Waals surface area contributed by atoms with Gasteiger partial charge in [0.15, 0.2) is 0 Å². The van der Waals surface area contributed by atoms with Gasteiger partial charge in [-0.1, -0.05) is 25.1 Å². The molecule has 3 rings (SSSR count). The van der Waals surface area contributed by atoms with Crippen LogP contribution in [-0.2, 0) is 6.54 Å². The Kier molecular flexibility index (Phi) is 4.42. The first-order valence-corrected chi connectivity index (χ1v) is 8.51. The molecular formula is C18H22N2S. The van der Waals surface area contributed by atoms with Gasteiger partial charge < -0.3 is 9.88 Å². The molecule has 2 aromatic heterocycles. The van der Waals surface area contributed by atoms with E-state index in [1.54, 1.807) is 0 Å². The maximum Gasteiger partial charge on any atom is 0.0487 e. The Morgan fingerprint density at radius 1 is 1.19 bits per heavy atom. The highest BCUT2D eigenvalue weighted by atomic mass is 32.1. The molecule has 0 aliphatic heterocycles. The molecule has 1 aromatic carbocycles. The predicted molar refractivity (Wildman–Crippen MR) is 92.1 cm³/mol. The number of fused-ring (bicyclic) bond motifs is 1. The summed E-state index contributed by atoms with van der Waals surface area (Å²) in [6.07, 6.45) is 3.35. The van der Waals surface area contributed by atoms with Crippen LogP contribution in [0.4, 0.5) is 0 Å². The van der Waals surface area contributed by atoms with E-state index in [0.717, 1.165) is 13.1 Å². The minimum absolute atomic E-state index is 0.393. The van der Waals surface area contributed by atoms with Crippen LogP contribution >= 0.6 is 11.3 Å². The van der Waals surface area contributed by atoms with Gasteiger partial charge in [0, 0.05) is 29.2 Å². The smallest absolute Gasteiger partial charge is 0.0487 e. The van der Waals surface area contributed by atoms with Crippen LogP contribution < -0.4 is 5.32 Å². The lowest BCUT2D eigenvalue weighted by molar-refractivity contribution is 0.535. The number of aromatic nitrogens is 1. The average molecular weight is 298 g/mol. The van der Waals surface area contributed by atoms with Crippen LogP contribution in [0.25, 0.3) is 10.1 Å². The molecule has 0 radical (unpaired) electrons. The van der Waals surface area contributed by atoms with Crippen molar-refractivity contribution in [1.82, 2.24) is 9.88 Å². The van der Waals surface area contributed by atoms with Gasteiger partial charge in [0.25, 0.3) is 0 Å². The first-order chi connectivity index (χ1) is 10.3. The minimum atomic E-state index is 0.393. The van der Waals surface area contributed by atoms with E-state index in [9.17, 15) is 0 Å². The zero-order valence-corrected chi connectivity index (χ0v) is 13.5. The van der Waals surface area contributed by atoms with Crippen LogP contribution in [0, 0.1) is 0 Å². The molecule has 2 nitrogen and oxygen atoms in total. The van der Waals surface area contributed by atoms with Crippen LogP contribution in [-0.4, -0.2) is 11.1 Å². The molecule has 3 aromatic rings. The molecule has 0 saturated carbocycles. The summed E-state index contributed by atoms with van der Waals surface area (Å²) < 4.78 is 3.74. The standard InChI is InChI=1S/C18H22N2S/c1-3-10-19-14(2)17-8-6-11-20(17)12-15-13-21-18-9-5-4-7-16(15)18/h4-9,11,13-14,19H,3,10,12H2,1-2H3. The Labute approximate surface area is 130 Å². The topological polar surface area (TPSA) is 17.0 Å². The number of benzene rings is 1. The Morgan fingerprint density at radius 3 is 2.90 bits per heavy atom. The third-order valence-electron chi connectivity index (χ3n) is 3.91. The van der Waals surface area contributed by atoms with Gasteiger partial charge in [-0.05, 0) is 54.4 Å². The molecule has 2 heterocycles. The van der Waals surface area contributed by atoms with Crippen LogP contribution in [0.15, 0.2) is 48.0 Å². The highest BCUT2D eigenvalue weighted by Gasteiger charge is 2.11. The second-order valence-corrected chi connectivity index (χ2v) is 6.41. The SMILES string of the molecule is CCCNC(C)c1cccn1Cc1csc2ccccc12. The maximum atomic E-state index is 3.57. The monoisotopic (exact) mass is 298 g/mol. The lowest BCUT2D eigenvalue weighted by atomic mass is 10.1. The van der Waals surface area contributed by atoms with E-state index in [1.165, 1.54) is 27.8 Å². The van der Waals surface area contributed by atoms with Crippen molar-refractivity contribution in [3.63, 3.8) is 0 Å². The van der Waals surface area contributed by atoms with Crippen molar-refractivity contribution < 1.29 is 0 Å². The average Bonchev–Trinajstić information content (AvgIpc) is 3.13. The molecule has 0 aliphatic rings. The van der Waals surface area contributed by atoms with Gasteiger partial charge in [-0.3, -0.25) is 0 Å². The summed E-state index contributed by atoms with van der Waals surface area (Å²) >= 11 is 1.83. The fourth-order valence-corrected chi connectivity index (χ4v) is 3.72.